The van der Waals surface area contributed by atoms with Gasteiger partial charge in [-0.2, -0.15) is 8.78 Å². The van der Waals surface area contributed by atoms with Gasteiger partial charge in [0.1, 0.15) is 0 Å². The van der Waals surface area contributed by atoms with Crippen molar-refractivity contribution in [2.24, 2.45) is 0 Å². The number of rotatable bonds is 3. The van der Waals surface area contributed by atoms with Crippen LogP contribution in [0, 0.1) is 6.92 Å². The molecule has 0 saturated heterocycles. The van der Waals surface area contributed by atoms with Gasteiger partial charge in [-0.15, -0.1) is 0 Å². The second-order valence-electron chi connectivity index (χ2n) is 4.53. The zero-order valence-corrected chi connectivity index (χ0v) is 11.5. The molecule has 2 rings (SSSR count). The molecule has 0 saturated carbocycles. The molecule has 0 bridgehead atoms. The van der Waals surface area contributed by atoms with E-state index >= 15 is 0 Å². The van der Waals surface area contributed by atoms with Crippen molar-refractivity contribution in [1.29, 1.82) is 0 Å². The number of benzene rings is 2. The van der Waals surface area contributed by atoms with Gasteiger partial charge in [-0.25, -0.2) is 0 Å². The van der Waals surface area contributed by atoms with E-state index in [9.17, 15) is 13.3 Å². The van der Waals surface area contributed by atoms with Gasteiger partial charge in [-0.05, 0) is 24.1 Å². The Bertz CT molecular complexity index is 662. The summed E-state index contributed by atoms with van der Waals surface area (Å²) >= 11 is 0. The predicted molar refractivity (Wildman–Crippen MR) is 72.6 cm³/mol. The second-order valence-corrected chi connectivity index (χ2v) is 6.18. The fraction of sp³-hybridized carbons (Fsp3) is 0.143. The van der Waals surface area contributed by atoms with E-state index in [4.69, 9.17) is 9.79 Å². The molecule has 0 unspecified atom stereocenters. The number of aryl methyl sites for hydroxylation is 1. The van der Waals surface area contributed by atoms with Gasteiger partial charge >= 0.3 is 13.3 Å². The van der Waals surface area contributed by atoms with Gasteiger partial charge in [0.25, 0.3) is 0 Å². The first-order valence-electron chi connectivity index (χ1n) is 5.83. The smallest absolute Gasteiger partial charge is 0.320 e. The highest BCUT2D eigenvalue weighted by molar-refractivity contribution is 7.52. The Morgan fingerprint density at radius 2 is 1.60 bits per heavy atom. The molecular formula is C14H13F2O3P. The van der Waals surface area contributed by atoms with E-state index in [1.54, 1.807) is 18.2 Å². The van der Waals surface area contributed by atoms with Crippen molar-refractivity contribution in [3.8, 4) is 11.1 Å². The number of halogens is 2. The zero-order valence-electron chi connectivity index (χ0n) is 10.6. The molecule has 106 valence electrons. The van der Waals surface area contributed by atoms with E-state index in [0.717, 1.165) is 17.7 Å². The Kier molecular flexibility index (Phi) is 3.78. The van der Waals surface area contributed by atoms with Crippen LogP contribution in [0.1, 0.15) is 11.1 Å². The zero-order chi connectivity index (χ0) is 15.0. The van der Waals surface area contributed by atoms with Crippen LogP contribution in [0.15, 0.2) is 48.5 Å². The van der Waals surface area contributed by atoms with Crippen LogP contribution in [0.3, 0.4) is 0 Å². The summed E-state index contributed by atoms with van der Waals surface area (Å²) in [5.41, 5.74) is -2.66. The van der Waals surface area contributed by atoms with Crippen molar-refractivity contribution < 1.29 is 23.1 Å². The Labute approximate surface area is 115 Å². The van der Waals surface area contributed by atoms with Crippen LogP contribution in [0.25, 0.3) is 11.1 Å². The Morgan fingerprint density at radius 1 is 1.00 bits per heavy atom. The Morgan fingerprint density at radius 3 is 2.15 bits per heavy atom. The minimum atomic E-state index is -5.54. The first kappa shape index (κ1) is 14.9. The summed E-state index contributed by atoms with van der Waals surface area (Å²) in [6.07, 6.45) is 0. The fourth-order valence-corrected chi connectivity index (χ4v) is 2.28. The normalized spacial score (nSPS) is 12.4. The maximum Gasteiger partial charge on any atom is 0.399 e. The molecule has 2 aromatic rings. The molecule has 20 heavy (non-hydrogen) atoms. The van der Waals surface area contributed by atoms with Gasteiger partial charge in [-0.1, -0.05) is 48.0 Å². The maximum absolute atomic E-state index is 13.7. The van der Waals surface area contributed by atoms with Crippen LogP contribution in [0.4, 0.5) is 8.78 Å². The Balaban J connectivity index is 2.48. The van der Waals surface area contributed by atoms with Crippen molar-refractivity contribution >= 4 is 7.60 Å². The molecule has 0 fully saturated rings. The van der Waals surface area contributed by atoms with Crippen molar-refractivity contribution in [1.82, 2.24) is 0 Å². The van der Waals surface area contributed by atoms with Crippen molar-refractivity contribution in [3.63, 3.8) is 0 Å². The minimum Gasteiger partial charge on any atom is -0.320 e. The molecule has 2 N–H and O–H groups in total. The summed E-state index contributed by atoms with van der Waals surface area (Å²) in [6, 6.07) is 12.3. The van der Waals surface area contributed by atoms with Crippen molar-refractivity contribution in [3.05, 3.63) is 59.7 Å². The molecule has 6 heteroatoms. The lowest BCUT2D eigenvalue weighted by atomic mass is 10.0. The summed E-state index contributed by atoms with van der Waals surface area (Å²) in [5, 5.41) is 0. The van der Waals surface area contributed by atoms with Crippen LogP contribution in [-0.4, -0.2) is 9.79 Å². The van der Waals surface area contributed by atoms with E-state index < -0.39 is 18.8 Å². The van der Waals surface area contributed by atoms with Crippen LogP contribution < -0.4 is 0 Å². The van der Waals surface area contributed by atoms with E-state index in [-0.39, 0.29) is 0 Å². The van der Waals surface area contributed by atoms with Crippen molar-refractivity contribution in [2.45, 2.75) is 12.6 Å². The summed E-state index contributed by atoms with van der Waals surface area (Å²) in [4.78, 5) is 17.5. The van der Waals surface area contributed by atoms with Gasteiger partial charge < -0.3 is 9.79 Å². The molecule has 0 heterocycles. The molecule has 0 spiro atoms. The third-order valence-electron chi connectivity index (χ3n) is 2.96. The lowest BCUT2D eigenvalue weighted by Crippen LogP contribution is -2.13. The van der Waals surface area contributed by atoms with Gasteiger partial charge in [0.2, 0.25) is 0 Å². The average Bonchev–Trinajstić information content (AvgIpc) is 2.38. The minimum absolute atomic E-state index is 0.482. The molecule has 0 aliphatic carbocycles. The first-order chi connectivity index (χ1) is 9.22. The highest BCUT2D eigenvalue weighted by Crippen LogP contribution is 2.59. The monoisotopic (exact) mass is 298 g/mol. The fourth-order valence-electron chi connectivity index (χ4n) is 1.80. The van der Waals surface area contributed by atoms with Crippen LogP contribution in [0.2, 0.25) is 0 Å². The van der Waals surface area contributed by atoms with Gasteiger partial charge in [0.15, 0.2) is 0 Å². The molecule has 2 aromatic carbocycles. The molecular weight excluding hydrogens is 285 g/mol. The quantitative estimate of drug-likeness (QED) is 0.845. The van der Waals surface area contributed by atoms with Crippen molar-refractivity contribution in [2.75, 3.05) is 0 Å². The van der Waals surface area contributed by atoms with E-state index in [2.05, 4.69) is 0 Å². The third-order valence-corrected chi connectivity index (χ3v) is 3.95. The van der Waals surface area contributed by atoms with Crippen LogP contribution in [-0.2, 0) is 10.2 Å². The van der Waals surface area contributed by atoms with Gasteiger partial charge in [0.05, 0.1) is 0 Å². The van der Waals surface area contributed by atoms with Crippen LogP contribution >= 0.6 is 7.60 Å². The summed E-state index contributed by atoms with van der Waals surface area (Å²) in [5.74, 6) is 0. The summed E-state index contributed by atoms with van der Waals surface area (Å²) in [6.45, 7) is 1.90. The number of hydrogen-bond acceptors (Lipinski definition) is 1. The van der Waals surface area contributed by atoms with Crippen LogP contribution in [0.5, 0.6) is 0 Å². The molecule has 0 amide bonds. The van der Waals surface area contributed by atoms with Gasteiger partial charge in [0, 0.05) is 5.56 Å². The number of alkyl halides is 2. The average molecular weight is 298 g/mol. The van der Waals surface area contributed by atoms with E-state index in [1.165, 1.54) is 6.07 Å². The van der Waals surface area contributed by atoms with E-state index in [0.29, 0.717) is 11.1 Å². The highest BCUT2D eigenvalue weighted by atomic mass is 31.2. The highest BCUT2D eigenvalue weighted by Gasteiger charge is 2.50. The molecule has 0 aromatic heterocycles. The van der Waals surface area contributed by atoms with E-state index in [1.807, 2.05) is 19.1 Å². The van der Waals surface area contributed by atoms with Gasteiger partial charge in [-0.3, -0.25) is 4.57 Å². The lowest BCUT2D eigenvalue weighted by molar-refractivity contribution is 0.0565. The lowest BCUT2D eigenvalue weighted by Gasteiger charge is -2.18. The number of hydrogen-bond donors (Lipinski definition) is 2. The summed E-state index contributed by atoms with van der Waals surface area (Å²) in [7, 11) is -5.54. The SMILES string of the molecule is Cc1ccc(-c2cccc(C(F)(F)P(=O)(O)O)c2)cc1. The Hall–Kier alpha value is -1.55. The maximum atomic E-state index is 13.7. The predicted octanol–water partition coefficient (Wildman–Crippen LogP) is 3.89. The third kappa shape index (κ3) is 2.80. The molecule has 0 atom stereocenters. The summed E-state index contributed by atoms with van der Waals surface area (Å²) < 4.78 is 38.2. The second kappa shape index (κ2) is 5.09. The topological polar surface area (TPSA) is 57.5 Å². The molecule has 0 radical (unpaired) electrons. The first-order valence-corrected chi connectivity index (χ1v) is 7.44. The largest absolute Gasteiger partial charge is 0.399 e. The molecule has 0 aliphatic rings. The molecule has 0 aliphatic heterocycles. The standard InChI is InChI=1S/C14H13F2O3P/c1-10-5-7-11(8-6-10)12-3-2-4-13(9-12)14(15,16)20(17,18)19/h2-9H,1H3,(H2,17,18,19). The molecule has 3 nitrogen and oxygen atoms in total.